The van der Waals surface area contributed by atoms with E-state index < -0.39 is 11.2 Å². The van der Waals surface area contributed by atoms with Crippen molar-refractivity contribution >= 4 is 11.6 Å². The first-order chi connectivity index (χ1) is 7.97. The van der Waals surface area contributed by atoms with Crippen LogP contribution >= 0.6 is 0 Å². The molecule has 0 radical (unpaired) electrons. The van der Waals surface area contributed by atoms with Crippen molar-refractivity contribution in [3.05, 3.63) is 27.0 Å². The smallest absolute Gasteiger partial charge is 0.331 e. The van der Waals surface area contributed by atoms with E-state index in [0.717, 1.165) is 11.0 Å². The predicted octanol–water partition coefficient (Wildman–Crippen LogP) is -1.34. The van der Waals surface area contributed by atoms with Gasteiger partial charge in [-0.15, -0.1) is 0 Å². The Morgan fingerprint density at radius 2 is 2.12 bits per heavy atom. The van der Waals surface area contributed by atoms with Gasteiger partial charge in [-0.25, -0.2) is 9.36 Å². The van der Waals surface area contributed by atoms with Gasteiger partial charge in [-0.2, -0.15) is 0 Å². The Bertz CT molecular complexity index is 495. The zero-order chi connectivity index (χ0) is 13.0. The molecule has 0 unspecified atom stereocenters. The Hall–Kier alpha value is -2.05. The number of amides is 1. The lowest BCUT2D eigenvalue weighted by molar-refractivity contribution is -0.121. The summed E-state index contributed by atoms with van der Waals surface area (Å²) in [6.45, 7) is 2.11. The average Bonchev–Trinajstić information content (AvgIpc) is 2.29. The van der Waals surface area contributed by atoms with Gasteiger partial charge in [-0.3, -0.25) is 9.59 Å². The quantitative estimate of drug-likeness (QED) is 0.680. The summed E-state index contributed by atoms with van der Waals surface area (Å²) in [4.78, 5) is 34.7. The van der Waals surface area contributed by atoms with E-state index in [2.05, 4.69) is 5.32 Å². The van der Waals surface area contributed by atoms with Crippen LogP contribution in [0.4, 0.5) is 5.69 Å². The maximum absolute atomic E-state index is 11.6. The van der Waals surface area contributed by atoms with Crippen LogP contribution in [0, 0.1) is 0 Å². The second-order valence-electron chi connectivity index (χ2n) is 3.72. The first-order valence-electron chi connectivity index (χ1n) is 5.30. The van der Waals surface area contributed by atoms with Crippen LogP contribution in [0.15, 0.2) is 15.8 Å². The van der Waals surface area contributed by atoms with Crippen LogP contribution in [0.3, 0.4) is 0 Å². The van der Waals surface area contributed by atoms with Gasteiger partial charge in [0.1, 0.15) is 12.2 Å². The van der Waals surface area contributed by atoms with E-state index in [1.807, 2.05) is 6.92 Å². The van der Waals surface area contributed by atoms with E-state index >= 15 is 0 Å². The van der Waals surface area contributed by atoms with Crippen molar-refractivity contribution in [2.24, 2.45) is 7.05 Å². The topological polar surface area (TPSA) is 99.1 Å². The minimum atomic E-state index is -0.639. The number of aryl methyl sites for hydroxylation is 1. The number of rotatable bonds is 4. The van der Waals surface area contributed by atoms with E-state index in [-0.39, 0.29) is 18.1 Å². The van der Waals surface area contributed by atoms with Gasteiger partial charge in [-0.1, -0.05) is 6.92 Å². The highest BCUT2D eigenvalue weighted by Gasteiger charge is 2.10. The average molecular weight is 240 g/mol. The number of hydrogen-bond acceptors (Lipinski definition) is 4. The summed E-state index contributed by atoms with van der Waals surface area (Å²) in [7, 11) is 1.47. The molecule has 1 amide bonds. The molecule has 0 fully saturated rings. The first-order valence-corrected chi connectivity index (χ1v) is 5.30. The predicted molar refractivity (Wildman–Crippen MR) is 63.7 cm³/mol. The minimum absolute atomic E-state index is 0.0598. The van der Waals surface area contributed by atoms with Gasteiger partial charge < -0.3 is 15.6 Å². The fourth-order valence-electron chi connectivity index (χ4n) is 1.36. The molecule has 0 bridgehead atoms. The highest BCUT2D eigenvalue weighted by Crippen LogP contribution is 1.87. The summed E-state index contributed by atoms with van der Waals surface area (Å²) in [6.07, 6.45) is 2.03. The number of anilines is 1. The fraction of sp³-hybridized carbons (Fsp3) is 0.500. The van der Waals surface area contributed by atoms with Crippen LogP contribution in [0.5, 0.6) is 0 Å². The van der Waals surface area contributed by atoms with Crippen molar-refractivity contribution in [2.75, 3.05) is 12.3 Å². The molecule has 0 saturated carbocycles. The third kappa shape index (κ3) is 2.96. The number of nitrogens with two attached hydrogens (primary N) is 1. The van der Waals surface area contributed by atoms with E-state index in [1.54, 1.807) is 0 Å². The van der Waals surface area contributed by atoms with Crippen molar-refractivity contribution in [1.29, 1.82) is 0 Å². The molecule has 0 aliphatic carbocycles. The zero-order valence-electron chi connectivity index (χ0n) is 9.90. The van der Waals surface area contributed by atoms with Gasteiger partial charge in [0, 0.05) is 19.8 Å². The number of nitrogens with zero attached hydrogens (tertiary/aromatic N) is 2. The molecule has 17 heavy (non-hydrogen) atoms. The van der Waals surface area contributed by atoms with Crippen LogP contribution in [0.2, 0.25) is 0 Å². The lowest BCUT2D eigenvalue weighted by Crippen LogP contribution is -2.43. The number of carbonyl (C=O) groups excluding carboxylic acids is 1. The summed E-state index contributed by atoms with van der Waals surface area (Å²) >= 11 is 0. The second-order valence-corrected chi connectivity index (χ2v) is 3.72. The van der Waals surface area contributed by atoms with Gasteiger partial charge in [0.05, 0.1) is 0 Å². The number of nitrogens with one attached hydrogen (secondary N) is 1. The molecule has 1 heterocycles. The van der Waals surface area contributed by atoms with Gasteiger partial charge >= 0.3 is 5.69 Å². The molecule has 7 heteroatoms. The van der Waals surface area contributed by atoms with Crippen LogP contribution in [0.1, 0.15) is 13.3 Å². The molecule has 0 spiro atoms. The van der Waals surface area contributed by atoms with Gasteiger partial charge in [0.2, 0.25) is 5.91 Å². The zero-order valence-corrected chi connectivity index (χ0v) is 9.90. The van der Waals surface area contributed by atoms with Crippen molar-refractivity contribution in [3.63, 3.8) is 0 Å². The van der Waals surface area contributed by atoms with Crippen LogP contribution < -0.4 is 22.3 Å². The van der Waals surface area contributed by atoms with Crippen molar-refractivity contribution in [1.82, 2.24) is 14.5 Å². The third-order valence-electron chi connectivity index (χ3n) is 2.23. The first kappa shape index (κ1) is 13.0. The Kier molecular flexibility index (Phi) is 4.08. The van der Waals surface area contributed by atoms with Crippen molar-refractivity contribution in [2.45, 2.75) is 19.9 Å². The molecule has 0 aromatic carbocycles. The second kappa shape index (κ2) is 5.33. The molecule has 0 atom stereocenters. The van der Waals surface area contributed by atoms with Crippen LogP contribution in [-0.4, -0.2) is 21.6 Å². The maximum atomic E-state index is 11.6. The highest BCUT2D eigenvalue weighted by atomic mass is 16.2. The Morgan fingerprint density at radius 3 is 2.71 bits per heavy atom. The number of aromatic nitrogens is 2. The van der Waals surface area contributed by atoms with E-state index in [1.165, 1.54) is 17.8 Å². The van der Waals surface area contributed by atoms with Crippen molar-refractivity contribution < 1.29 is 4.79 Å². The number of hydrogen-bond donors (Lipinski definition) is 2. The summed E-state index contributed by atoms with van der Waals surface area (Å²) in [5.41, 5.74) is 4.18. The molecule has 3 N–H and O–H groups in total. The third-order valence-corrected chi connectivity index (χ3v) is 2.23. The lowest BCUT2D eigenvalue weighted by Gasteiger charge is -2.08. The van der Waals surface area contributed by atoms with E-state index in [0.29, 0.717) is 6.54 Å². The summed E-state index contributed by atoms with van der Waals surface area (Å²) in [5.74, 6) is -0.378. The molecule has 0 aliphatic rings. The van der Waals surface area contributed by atoms with Crippen LogP contribution in [0.25, 0.3) is 0 Å². The SMILES string of the molecule is CCCNC(=O)Cn1c(=O)c(N)cn(C)c1=O. The molecule has 7 nitrogen and oxygen atoms in total. The normalized spacial score (nSPS) is 10.2. The number of carbonyl (C=O) groups is 1. The Labute approximate surface area is 97.9 Å². The molecule has 94 valence electrons. The standard InChI is InChI=1S/C10H16N4O3/c1-3-4-12-8(15)6-14-9(16)7(11)5-13(2)10(14)17/h5H,3-4,6,11H2,1-2H3,(H,12,15). The van der Waals surface area contributed by atoms with E-state index in [9.17, 15) is 14.4 Å². The van der Waals surface area contributed by atoms with Gasteiger partial charge in [0.15, 0.2) is 0 Å². The maximum Gasteiger partial charge on any atom is 0.331 e. The molecule has 0 saturated heterocycles. The summed E-state index contributed by atoms with van der Waals surface area (Å²) in [6, 6.07) is 0. The van der Waals surface area contributed by atoms with E-state index in [4.69, 9.17) is 5.73 Å². The fourth-order valence-corrected chi connectivity index (χ4v) is 1.36. The summed E-state index contributed by atoms with van der Waals surface area (Å²) < 4.78 is 1.99. The van der Waals surface area contributed by atoms with Crippen LogP contribution in [-0.2, 0) is 18.4 Å². The molecule has 1 aromatic rings. The summed E-state index contributed by atoms with van der Waals surface area (Å²) in [5, 5.41) is 2.59. The molecule has 1 aromatic heterocycles. The van der Waals surface area contributed by atoms with Crippen molar-refractivity contribution in [3.8, 4) is 0 Å². The van der Waals surface area contributed by atoms with Gasteiger partial charge in [0.25, 0.3) is 5.56 Å². The minimum Gasteiger partial charge on any atom is -0.393 e. The van der Waals surface area contributed by atoms with Gasteiger partial charge in [-0.05, 0) is 6.42 Å². The molecular formula is C10H16N4O3. The monoisotopic (exact) mass is 240 g/mol. The number of nitrogen functional groups attached to an aromatic ring is 1. The lowest BCUT2D eigenvalue weighted by atomic mass is 10.4. The Morgan fingerprint density at radius 1 is 1.47 bits per heavy atom. The highest BCUT2D eigenvalue weighted by molar-refractivity contribution is 5.75. The molecule has 0 aliphatic heterocycles. The Balaban J connectivity index is 3.03. The largest absolute Gasteiger partial charge is 0.393 e. The molecular weight excluding hydrogens is 224 g/mol. The molecule has 1 rings (SSSR count).